The molecule has 0 fully saturated rings. The van der Waals surface area contributed by atoms with Crippen molar-refractivity contribution in [1.29, 1.82) is 0 Å². The van der Waals surface area contributed by atoms with Crippen molar-refractivity contribution < 1.29 is 68.1 Å². The van der Waals surface area contributed by atoms with Crippen LogP contribution in [0, 0.1) is 23.7 Å². The number of aliphatic carboxylic acids is 2. The Morgan fingerprint density at radius 3 is 1.26 bits per heavy atom. The van der Waals surface area contributed by atoms with Gasteiger partial charge in [0.2, 0.25) is 23.6 Å². The first-order valence-electron chi connectivity index (χ1n) is 26.1. The number of amides is 4. The minimum Gasteiger partial charge on any atom is -0.481 e. The first kappa shape index (κ1) is 70.9. The maximum atomic E-state index is 14.4. The molecule has 0 aromatic rings. The number of aliphatic imine (C=N–C) groups is 3. The summed E-state index contributed by atoms with van der Waals surface area (Å²) in [6.07, 6.45) is -2.29. The summed E-state index contributed by atoms with van der Waals surface area (Å²) in [7, 11) is 1.57. The van der Waals surface area contributed by atoms with Gasteiger partial charge in [0.05, 0.1) is 37.2 Å². The van der Waals surface area contributed by atoms with Crippen molar-refractivity contribution in [1.82, 2.24) is 26.6 Å². The molecule has 0 saturated carbocycles. The summed E-state index contributed by atoms with van der Waals surface area (Å²) in [5.41, 5.74) is 38.7. The van der Waals surface area contributed by atoms with Crippen molar-refractivity contribution in [2.75, 3.05) is 39.8 Å². The van der Waals surface area contributed by atoms with E-state index in [0.717, 1.165) is 0 Å². The Labute approximate surface area is 454 Å². The number of unbranched alkanes of at least 4 members (excludes halogenated alkanes) is 1. The average Bonchev–Trinajstić information content (AvgIpc) is 3.37. The topological polar surface area (TPSA) is 528 Å². The molecule has 0 aliphatic rings. The quantitative estimate of drug-likeness (QED) is 0.0159. The van der Waals surface area contributed by atoms with Gasteiger partial charge in [-0.05, 0) is 78.3 Å². The molecule has 9 atom stereocenters. The van der Waals surface area contributed by atoms with Gasteiger partial charge in [-0.1, -0.05) is 20.3 Å². The van der Waals surface area contributed by atoms with E-state index < -0.39 is 151 Å². The van der Waals surface area contributed by atoms with Crippen molar-refractivity contribution in [3.63, 3.8) is 0 Å². The van der Waals surface area contributed by atoms with E-state index in [0.29, 0.717) is 12.8 Å². The van der Waals surface area contributed by atoms with Crippen LogP contribution < -0.4 is 66.7 Å². The van der Waals surface area contributed by atoms with E-state index in [1.54, 1.807) is 14.0 Å². The van der Waals surface area contributed by atoms with Crippen LogP contribution in [0.25, 0.3) is 0 Å². The summed E-state index contributed by atoms with van der Waals surface area (Å²) >= 11 is 0. The van der Waals surface area contributed by atoms with Crippen molar-refractivity contribution in [3.8, 4) is 0 Å². The first-order valence-corrected chi connectivity index (χ1v) is 26.1. The minimum absolute atomic E-state index is 0.00833. The van der Waals surface area contributed by atoms with Crippen LogP contribution in [-0.4, -0.2) is 168 Å². The van der Waals surface area contributed by atoms with Gasteiger partial charge >= 0.3 is 11.9 Å². The number of nitrogens with zero attached hydrogens (tertiary/aromatic N) is 3. The molecule has 0 aromatic carbocycles. The van der Waals surface area contributed by atoms with Gasteiger partial charge in [0.15, 0.2) is 41.0 Å². The summed E-state index contributed by atoms with van der Waals surface area (Å²) in [4.78, 5) is 157. The molecule has 4 amide bonds. The maximum Gasteiger partial charge on any atom is 0.305 e. The molecule has 0 spiro atoms. The highest BCUT2D eigenvalue weighted by atomic mass is 16.4. The molecular weight excluding hydrogens is 1020 g/mol. The molecule has 0 aromatic heterocycles. The SMILES string of the molecule is CCC(=O)[C@H](CC(=O)O)NC(=O)[C@H](C)CC(=O)[C@H](CO)NC(=O)[C@H](CCCN=C(N)N)CC(=O)[C@H](CCCN=C(N)N)NC(=O)[C@H](CCCCN)CC(=O)[C@H](CCC(=O)O)NC(=O)[C@H](CCCN=C(N)N)CC(=O)[C@H](C)NC. The van der Waals surface area contributed by atoms with E-state index >= 15 is 0 Å². The van der Waals surface area contributed by atoms with Crippen LogP contribution >= 0.6 is 0 Å². The lowest BCUT2D eigenvalue weighted by Gasteiger charge is -2.26. The van der Waals surface area contributed by atoms with E-state index in [9.17, 15) is 68.1 Å². The van der Waals surface area contributed by atoms with Gasteiger partial charge in [-0.15, -0.1) is 0 Å². The predicted octanol–water partition coefficient (Wildman–Crippen LogP) is -3.54. The first-order chi connectivity index (χ1) is 36.7. The van der Waals surface area contributed by atoms with Crippen molar-refractivity contribution in [2.24, 2.45) is 78.8 Å². The molecule has 0 bridgehead atoms. The predicted molar refractivity (Wildman–Crippen MR) is 289 cm³/mol. The number of hydrogen-bond acceptors (Lipinski definition) is 17. The largest absolute Gasteiger partial charge is 0.481 e. The van der Waals surface area contributed by atoms with Gasteiger partial charge in [-0.2, -0.15) is 0 Å². The molecule has 0 heterocycles. The molecular formula is C49H87N15O14. The minimum atomic E-state index is -1.59. The Hall–Kier alpha value is -7.14. The lowest BCUT2D eigenvalue weighted by molar-refractivity contribution is -0.141. The highest BCUT2D eigenvalue weighted by Gasteiger charge is 2.35. The third-order valence-electron chi connectivity index (χ3n) is 12.7. The average molecular weight is 1110 g/mol. The number of carboxylic acids is 2. The fourth-order valence-corrected chi connectivity index (χ4v) is 7.97. The van der Waals surface area contributed by atoms with Crippen LogP contribution in [0.3, 0.4) is 0 Å². The smallest absolute Gasteiger partial charge is 0.305 e. The maximum absolute atomic E-state index is 14.4. The third-order valence-corrected chi connectivity index (χ3v) is 12.7. The Kier molecular flexibility index (Phi) is 35.7. The van der Waals surface area contributed by atoms with Crippen LogP contribution in [0.5, 0.6) is 0 Å². The number of guanidine groups is 3. The second kappa shape index (κ2) is 39.3. The monoisotopic (exact) mass is 1110 g/mol. The number of nitrogens with one attached hydrogen (secondary N) is 5. The van der Waals surface area contributed by atoms with Crippen LogP contribution in [0.4, 0.5) is 0 Å². The molecule has 0 saturated heterocycles. The zero-order chi connectivity index (χ0) is 59.5. The number of likely N-dealkylation sites (N-methyl/N-ethyl adjacent to an activating group) is 1. The van der Waals surface area contributed by atoms with Gasteiger partial charge in [0.25, 0.3) is 0 Å². The third kappa shape index (κ3) is 30.6. The van der Waals surface area contributed by atoms with E-state index in [-0.39, 0.29) is 114 Å². The van der Waals surface area contributed by atoms with Crippen LogP contribution in [0.2, 0.25) is 0 Å². The van der Waals surface area contributed by atoms with Crippen LogP contribution in [0.1, 0.15) is 130 Å². The number of rotatable bonds is 45. The fourth-order valence-electron chi connectivity index (χ4n) is 7.97. The molecule has 22 N–H and O–H groups in total. The van der Waals surface area contributed by atoms with Gasteiger partial charge in [-0.3, -0.25) is 67.7 Å². The zero-order valence-corrected chi connectivity index (χ0v) is 45.5. The molecule has 0 aliphatic carbocycles. The van der Waals surface area contributed by atoms with Crippen molar-refractivity contribution in [2.45, 2.75) is 160 Å². The normalized spacial score (nSPS) is 14.4. The molecule has 0 rings (SSSR count). The summed E-state index contributed by atoms with van der Waals surface area (Å²) in [6, 6.07) is -6.33. The lowest BCUT2D eigenvalue weighted by atomic mass is 9.88. The van der Waals surface area contributed by atoms with E-state index in [4.69, 9.17) is 40.1 Å². The van der Waals surface area contributed by atoms with E-state index in [2.05, 4.69) is 41.6 Å². The zero-order valence-electron chi connectivity index (χ0n) is 45.5. The summed E-state index contributed by atoms with van der Waals surface area (Å²) in [6.45, 7) is 3.86. The van der Waals surface area contributed by atoms with Gasteiger partial charge in [-0.25, -0.2) is 0 Å². The number of aliphatic hydroxyl groups excluding tert-OH is 1. The van der Waals surface area contributed by atoms with Gasteiger partial charge in [0.1, 0.15) is 11.8 Å². The lowest BCUT2D eigenvalue weighted by Crippen LogP contribution is -2.49. The molecule has 442 valence electrons. The molecule has 29 nitrogen and oxygen atoms in total. The fraction of sp³-hybridized carbons (Fsp3) is 0.714. The number of nitrogens with two attached hydrogens (primary N) is 7. The molecule has 78 heavy (non-hydrogen) atoms. The number of aliphatic hydroxyl groups is 1. The summed E-state index contributed by atoms with van der Waals surface area (Å²) in [5, 5.41) is 42.0. The standard InChI is InChI=1S/C49H87N15O14/c1-5-36(66)34(25-42(73)74)63-43(75)27(2)21-38(68)35(26-65)64-46(78)31(13-9-19-59-48(53)54)24-39(69)32(14-10-20-60-49(55)56)61-44(76)29(11-6-7-17-50)23-40(70)33(15-16-41(71)72)62-45(77)30(12-8-18-58-47(51)52)22-37(67)28(3)57-4/h27-35,57,65H,5-26,50H2,1-4H3,(H,61,76)(H,62,77)(H,63,75)(H,64,78)(H,71,72)(H,73,74)(H4,51,52,58)(H4,53,54,59)(H4,55,56,60)/t27-,28+,29-,30-,31-,32+,33+,34+,35+/m1/s1. The highest BCUT2D eigenvalue weighted by Crippen LogP contribution is 2.22. The van der Waals surface area contributed by atoms with Gasteiger partial charge < -0.3 is 82.0 Å². The van der Waals surface area contributed by atoms with Crippen LogP contribution in [-0.2, 0) is 52.7 Å². The Balaban J connectivity index is 6.94. The number of carbonyl (C=O) groups excluding carboxylic acids is 9. The molecule has 29 heteroatoms. The molecule has 0 aliphatic heterocycles. The Bertz CT molecular complexity index is 2090. The summed E-state index contributed by atoms with van der Waals surface area (Å²) in [5.74, 6) is -14.1. The Morgan fingerprint density at radius 2 is 0.859 bits per heavy atom. The number of ketones is 5. The highest BCUT2D eigenvalue weighted by molar-refractivity contribution is 5.98. The number of carboxylic acid groups (broad SMARTS) is 2. The van der Waals surface area contributed by atoms with E-state index in [1.807, 2.05) is 0 Å². The van der Waals surface area contributed by atoms with Crippen molar-refractivity contribution in [3.05, 3.63) is 0 Å². The molecule has 0 radical (unpaired) electrons. The second-order valence-corrected chi connectivity index (χ2v) is 19.1. The number of carbonyl (C=O) groups is 11. The molecule has 0 unspecified atom stereocenters. The van der Waals surface area contributed by atoms with Gasteiger partial charge in [0, 0.05) is 81.8 Å². The number of hydrogen-bond donors (Lipinski definition) is 15. The van der Waals surface area contributed by atoms with Crippen LogP contribution in [0.15, 0.2) is 15.0 Å². The second-order valence-electron chi connectivity index (χ2n) is 19.1. The van der Waals surface area contributed by atoms with E-state index in [1.165, 1.54) is 13.8 Å². The Morgan fingerprint density at radius 1 is 0.462 bits per heavy atom. The number of Topliss-reactive ketones (excluding diaryl/α,β-unsaturated/α-hetero) is 5. The summed E-state index contributed by atoms with van der Waals surface area (Å²) < 4.78 is 0. The van der Waals surface area contributed by atoms with Crippen molar-refractivity contribution >= 4 is 82.4 Å².